The average molecular weight is 551 g/mol. The van der Waals surface area contributed by atoms with E-state index in [0.717, 1.165) is 42.2 Å². The van der Waals surface area contributed by atoms with Gasteiger partial charge < -0.3 is 9.64 Å². The summed E-state index contributed by atoms with van der Waals surface area (Å²) in [6, 6.07) is 9.89. The Labute approximate surface area is 234 Å². The highest BCUT2D eigenvalue weighted by molar-refractivity contribution is 8.26. The second kappa shape index (κ2) is 11.7. The van der Waals surface area contributed by atoms with E-state index in [1.165, 1.54) is 11.8 Å². The Kier molecular flexibility index (Phi) is 8.64. The Hall–Kier alpha value is -3.09. The van der Waals surface area contributed by atoms with Gasteiger partial charge in [0.2, 0.25) is 0 Å². The zero-order chi connectivity index (χ0) is 27.6. The van der Waals surface area contributed by atoms with Crippen molar-refractivity contribution in [2.75, 3.05) is 31.6 Å². The molecule has 0 N–H and O–H groups in total. The Morgan fingerprint density at radius 2 is 1.84 bits per heavy atom. The molecule has 2 saturated heterocycles. The lowest BCUT2D eigenvalue weighted by atomic mass is 9.91. The summed E-state index contributed by atoms with van der Waals surface area (Å²) in [5, 5.41) is 9.83. The number of carbonyl (C=O) groups is 1. The van der Waals surface area contributed by atoms with Crippen LogP contribution in [0.5, 0.6) is 5.75 Å². The van der Waals surface area contributed by atoms with Crippen LogP contribution in [0, 0.1) is 30.1 Å². The maximum absolute atomic E-state index is 13.5. The molecule has 0 aliphatic carbocycles. The van der Waals surface area contributed by atoms with Crippen molar-refractivity contribution in [1.82, 2.24) is 9.47 Å². The predicted octanol–water partition coefficient (Wildman–Crippen LogP) is 4.98. The highest BCUT2D eigenvalue weighted by Crippen LogP contribution is 2.37. The van der Waals surface area contributed by atoms with Crippen LogP contribution in [0.15, 0.2) is 34.0 Å². The molecule has 2 aliphatic heterocycles. The molecule has 2 unspecified atom stereocenters. The molecule has 1 aromatic heterocycles. The normalized spacial score (nSPS) is 20.8. The molecule has 9 heteroatoms. The monoisotopic (exact) mass is 550 g/mol. The molecule has 2 atom stereocenters. The average Bonchev–Trinajstić information content (AvgIpc) is 3.15. The quantitative estimate of drug-likeness (QED) is 0.355. The van der Waals surface area contributed by atoms with Crippen molar-refractivity contribution in [3.63, 3.8) is 0 Å². The van der Waals surface area contributed by atoms with Crippen molar-refractivity contribution < 1.29 is 9.53 Å². The standard InChI is InChI=1S/C29H34N4O3S2/c1-6-32-26(31-16-18(2)13-19(3)17-31)23(20(4)24(15-30)27(32)34)14-25-28(35)33(29(37)38-25)12-11-21-7-9-22(36-5)10-8-21/h7-10,14,18-19H,6,11-13,16-17H2,1-5H3. The highest BCUT2D eigenvalue weighted by atomic mass is 32.2. The molecule has 2 fully saturated rings. The lowest BCUT2D eigenvalue weighted by Gasteiger charge is -2.38. The van der Waals surface area contributed by atoms with Gasteiger partial charge in [0.05, 0.1) is 12.0 Å². The lowest BCUT2D eigenvalue weighted by Crippen LogP contribution is -2.42. The van der Waals surface area contributed by atoms with Gasteiger partial charge in [0.15, 0.2) is 0 Å². The summed E-state index contributed by atoms with van der Waals surface area (Å²) in [6.07, 6.45) is 3.63. The van der Waals surface area contributed by atoms with Crippen LogP contribution in [0.3, 0.4) is 0 Å². The number of thiocarbonyl (C=S) groups is 1. The summed E-state index contributed by atoms with van der Waals surface area (Å²) < 4.78 is 7.43. The molecule has 2 aromatic rings. The van der Waals surface area contributed by atoms with Crippen molar-refractivity contribution in [3.05, 3.63) is 61.8 Å². The fraction of sp³-hybridized carbons (Fsp3) is 0.448. The van der Waals surface area contributed by atoms with Gasteiger partial charge in [-0.1, -0.05) is 50.0 Å². The predicted molar refractivity (Wildman–Crippen MR) is 158 cm³/mol. The molecular weight excluding hydrogens is 516 g/mol. The zero-order valence-electron chi connectivity index (χ0n) is 22.6. The van der Waals surface area contributed by atoms with Crippen LogP contribution in [-0.2, 0) is 17.8 Å². The third kappa shape index (κ3) is 5.52. The van der Waals surface area contributed by atoms with E-state index in [-0.39, 0.29) is 17.0 Å². The van der Waals surface area contributed by atoms with Crippen molar-refractivity contribution >= 4 is 46.1 Å². The summed E-state index contributed by atoms with van der Waals surface area (Å²) in [5.41, 5.74) is 2.28. The van der Waals surface area contributed by atoms with E-state index in [9.17, 15) is 14.9 Å². The van der Waals surface area contributed by atoms with Gasteiger partial charge in [-0.3, -0.25) is 19.1 Å². The fourth-order valence-electron chi connectivity index (χ4n) is 5.47. The molecule has 7 nitrogen and oxygen atoms in total. The minimum Gasteiger partial charge on any atom is -0.497 e. The topological polar surface area (TPSA) is 78.6 Å². The third-order valence-electron chi connectivity index (χ3n) is 7.26. The third-order valence-corrected chi connectivity index (χ3v) is 8.64. The van der Waals surface area contributed by atoms with E-state index < -0.39 is 0 Å². The maximum atomic E-state index is 13.5. The van der Waals surface area contributed by atoms with E-state index >= 15 is 0 Å². The number of methoxy groups -OCH3 is 1. The molecule has 38 heavy (non-hydrogen) atoms. The lowest BCUT2D eigenvalue weighted by molar-refractivity contribution is -0.122. The number of aromatic nitrogens is 1. The number of pyridine rings is 1. The van der Waals surface area contributed by atoms with Crippen LogP contribution in [0.4, 0.5) is 5.82 Å². The van der Waals surface area contributed by atoms with Crippen molar-refractivity contribution in [2.45, 2.75) is 47.1 Å². The number of carbonyl (C=O) groups excluding carboxylic acids is 1. The second-order valence-electron chi connectivity index (χ2n) is 10.2. The van der Waals surface area contributed by atoms with Crippen molar-refractivity contribution in [3.8, 4) is 11.8 Å². The number of nitrogens with zero attached hydrogens (tertiary/aromatic N) is 4. The molecule has 4 rings (SSSR count). The fourth-order valence-corrected chi connectivity index (χ4v) is 6.76. The van der Waals surface area contributed by atoms with Crippen LogP contribution in [-0.4, -0.2) is 46.4 Å². The first kappa shape index (κ1) is 27.9. The Balaban J connectivity index is 1.71. The molecule has 0 bridgehead atoms. The van der Waals surface area contributed by atoms with E-state index in [2.05, 4.69) is 24.8 Å². The van der Waals surface area contributed by atoms with Gasteiger partial charge in [-0.2, -0.15) is 5.26 Å². The van der Waals surface area contributed by atoms with Gasteiger partial charge in [0, 0.05) is 31.7 Å². The van der Waals surface area contributed by atoms with Crippen LogP contribution in [0.25, 0.3) is 6.08 Å². The summed E-state index contributed by atoms with van der Waals surface area (Å²) in [4.78, 5) is 31.2. The number of benzene rings is 1. The highest BCUT2D eigenvalue weighted by Gasteiger charge is 2.34. The molecule has 1 amide bonds. The van der Waals surface area contributed by atoms with Crippen molar-refractivity contribution in [2.24, 2.45) is 11.8 Å². The Morgan fingerprint density at radius 3 is 2.42 bits per heavy atom. The van der Waals surface area contributed by atoms with E-state index in [1.807, 2.05) is 37.3 Å². The van der Waals surface area contributed by atoms with E-state index in [4.69, 9.17) is 17.0 Å². The van der Waals surface area contributed by atoms with Gasteiger partial charge in [-0.15, -0.1) is 0 Å². The van der Waals surface area contributed by atoms with Crippen LogP contribution >= 0.6 is 24.0 Å². The second-order valence-corrected chi connectivity index (χ2v) is 11.9. The number of amides is 1. The first-order valence-electron chi connectivity index (χ1n) is 13.0. The van der Waals surface area contributed by atoms with E-state index in [1.54, 1.807) is 23.5 Å². The minimum atomic E-state index is -0.280. The van der Waals surface area contributed by atoms with Gasteiger partial charge in [-0.25, -0.2) is 0 Å². The molecule has 200 valence electrons. The first-order chi connectivity index (χ1) is 18.2. The molecule has 0 saturated carbocycles. The summed E-state index contributed by atoms with van der Waals surface area (Å²) in [5.74, 6) is 2.37. The van der Waals surface area contributed by atoms with Crippen LogP contribution in [0.2, 0.25) is 0 Å². The summed E-state index contributed by atoms with van der Waals surface area (Å²) >= 11 is 6.87. The minimum absolute atomic E-state index is 0.120. The number of piperidine rings is 1. The number of thioether (sulfide) groups is 1. The molecule has 1 aromatic carbocycles. The van der Waals surface area contributed by atoms with Gasteiger partial charge >= 0.3 is 0 Å². The Bertz CT molecular complexity index is 1360. The van der Waals surface area contributed by atoms with Crippen LogP contribution in [0.1, 0.15) is 49.4 Å². The number of rotatable bonds is 7. The van der Waals surface area contributed by atoms with Gasteiger partial charge in [0.25, 0.3) is 11.5 Å². The van der Waals surface area contributed by atoms with E-state index in [0.29, 0.717) is 46.1 Å². The molecule has 3 heterocycles. The number of hydrogen-bond acceptors (Lipinski definition) is 7. The van der Waals surface area contributed by atoms with Crippen LogP contribution < -0.4 is 15.2 Å². The molecule has 0 spiro atoms. The Morgan fingerprint density at radius 1 is 1.18 bits per heavy atom. The zero-order valence-corrected chi connectivity index (χ0v) is 24.2. The number of ether oxygens (including phenoxy) is 1. The molecular formula is C29H34N4O3S2. The number of hydrogen-bond donors (Lipinski definition) is 0. The summed E-state index contributed by atoms with van der Waals surface area (Å²) in [6.45, 7) is 10.7. The van der Waals surface area contributed by atoms with Gasteiger partial charge in [0.1, 0.15) is 27.5 Å². The summed E-state index contributed by atoms with van der Waals surface area (Å²) in [7, 11) is 1.63. The van der Waals surface area contributed by atoms with Crippen molar-refractivity contribution in [1.29, 1.82) is 5.26 Å². The maximum Gasteiger partial charge on any atom is 0.270 e. The largest absolute Gasteiger partial charge is 0.497 e. The molecule has 0 radical (unpaired) electrons. The van der Waals surface area contributed by atoms with Gasteiger partial charge in [-0.05, 0) is 67.9 Å². The SMILES string of the molecule is CCn1c(N2CC(C)CC(C)C2)c(C=C2SC(=S)N(CCc3ccc(OC)cc3)C2=O)c(C)c(C#N)c1=O. The first-order valence-corrected chi connectivity index (χ1v) is 14.2. The number of anilines is 1. The molecule has 2 aliphatic rings. The number of nitriles is 1. The smallest absolute Gasteiger partial charge is 0.270 e.